The van der Waals surface area contributed by atoms with Crippen LogP contribution in [0.5, 0.6) is 0 Å². The first-order chi connectivity index (χ1) is 10.7. The number of aliphatic hydroxyl groups excluding tert-OH is 1. The van der Waals surface area contributed by atoms with Gasteiger partial charge in [-0.25, -0.2) is 0 Å². The Bertz CT molecular complexity index is 663. The van der Waals surface area contributed by atoms with Gasteiger partial charge in [-0.05, 0) is 48.6 Å². The number of nitrogens with zero attached hydrogens (tertiary/aromatic N) is 1. The Balaban J connectivity index is 1.83. The molecule has 0 spiro atoms. The molecule has 1 saturated heterocycles. The molecule has 0 radical (unpaired) electrons. The van der Waals surface area contributed by atoms with E-state index in [0.29, 0.717) is 5.56 Å². The van der Waals surface area contributed by atoms with E-state index in [1.165, 1.54) is 11.1 Å². The Labute approximate surface area is 131 Å². The summed E-state index contributed by atoms with van der Waals surface area (Å²) >= 11 is 0. The maximum Gasteiger partial charge on any atom is 0.254 e. The maximum absolute atomic E-state index is 12.5. The lowest BCUT2D eigenvalue weighted by Crippen LogP contribution is -2.37. The van der Waals surface area contributed by atoms with E-state index >= 15 is 0 Å². The number of amides is 1. The van der Waals surface area contributed by atoms with E-state index < -0.39 is 0 Å². The van der Waals surface area contributed by atoms with E-state index in [0.717, 1.165) is 24.9 Å². The molecule has 1 fully saturated rings. The van der Waals surface area contributed by atoms with Crippen molar-refractivity contribution >= 4 is 5.91 Å². The molecule has 2 aromatic carbocycles. The molecule has 3 heteroatoms. The van der Waals surface area contributed by atoms with Gasteiger partial charge in [-0.2, -0.15) is 0 Å². The molecule has 0 aromatic heterocycles. The second-order valence-electron chi connectivity index (χ2n) is 5.87. The van der Waals surface area contributed by atoms with Crippen molar-refractivity contribution in [2.45, 2.75) is 25.8 Å². The average molecular weight is 295 g/mol. The number of aryl methyl sites for hydroxylation is 1. The molecule has 3 nitrogen and oxygen atoms in total. The summed E-state index contributed by atoms with van der Waals surface area (Å²) in [5, 5.41) is 9.36. The SMILES string of the molecule is Cc1ccccc1-c1ccc(C(=O)N2CCC[C@H]2CO)cc1. The van der Waals surface area contributed by atoms with Gasteiger partial charge in [0.05, 0.1) is 12.6 Å². The molecule has 1 aliphatic heterocycles. The summed E-state index contributed by atoms with van der Waals surface area (Å²) in [4.78, 5) is 14.3. The lowest BCUT2D eigenvalue weighted by Gasteiger charge is -2.23. The van der Waals surface area contributed by atoms with Gasteiger partial charge in [0.1, 0.15) is 0 Å². The highest BCUT2D eigenvalue weighted by atomic mass is 16.3. The molecule has 1 N–H and O–H groups in total. The van der Waals surface area contributed by atoms with Gasteiger partial charge in [0, 0.05) is 12.1 Å². The summed E-state index contributed by atoms with van der Waals surface area (Å²) < 4.78 is 0. The molecular weight excluding hydrogens is 274 g/mol. The Hall–Kier alpha value is -2.13. The van der Waals surface area contributed by atoms with Crippen molar-refractivity contribution in [2.24, 2.45) is 0 Å². The van der Waals surface area contributed by atoms with Crippen molar-refractivity contribution in [3.05, 3.63) is 59.7 Å². The van der Waals surface area contributed by atoms with Crippen LogP contribution in [0.25, 0.3) is 11.1 Å². The van der Waals surface area contributed by atoms with Gasteiger partial charge in [-0.3, -0.25) is 4.79 Å². The predicted octanol–water partition coefficient (Wildman–Crippen LogP) is 3.26. The number of hydrogen-bond acceptors (Lipinski definition) is 2. The molecule has 114 valence electrons. The van der Waals surface area contributed by atoms with Crippen molar-refractivity contribution in [1.82, 2.24) is 4.90 Å². The topological polar surface area (TPSA) is 40.5 Å². The summed E-state index contributed by atoms with van der Waals surface area (Å²) in [6.07, 6.45) is 1.86. The normalized spacial score (nSPS) is 17.7. The summed E-state index contributed by atoms with van der Waals surface area (Å²) in [6.45, 7) is 2.88. The zero-order chi connectivity index (χ0) is 15.5. The summed E-state index contributed by atoms with van der Waals surface area (Å²) in [5.41, 5.74) is 4.23. The van der Waals surface area contributed by atoms with Crippen LogP contribution in [0.3, 0.4) is 0 Å². The smallest absolute Gasteiger partial charge is 0.254 e. The van der Waals surface area contributed by atoms with Crippen LogP contribution in [0, 0.1) is 6.92 Å². The monoisotopic (exact) mass is 295 g/mol. The second kappa shape index (κ2) is 6.32. The van der Waals surface area contributed by atoms with Gasteiger partial charge in [0.25, 0.3) is 5.91 Å². The Morgan fingerprint density at radius 3 is 2.59 bits per heavy atom. The summed E-state index contributed by atoms with van der Waals surface area (Å²) in [7, 11) is 0. The van der Waals surface area contributed by atoms with Crippen molar-refractivity contribution < 1.29 is 9.90 Å². The Kier molecular flexibility index (Phi) is 4.25. The third-order valence-electron chi connectivity index (χ3n) is 4.44. The fourth-order valence-corrected chi connectivity index (χ4v) is 3.15. The van der Waals surface area contributed by atoms with E-state index in [2.05, 4.69) is 19.1 Å². The fraction of sp³-hybridized carbons (Fsp3) is 0.316. The van der Waals surface area contributed by atoms with E-state index in [9.17, 15) is 9.90 Å². The van der Waals surface area contributed by atoms with Crippen LogP contribution in [0.4, 0.5) is 0 Å². The number of likely N-dealkylation sites (tertiary alicyclic amines) is 1. The lowest BCUT2D eigenvalue weighted by molar-refractivity contribution is 0.0677. The van der Waals surface area contributed by atoms with Gasteiger partial charge in [-0.1, -0.05) is 36.4 Å². The highest BCUT2D eigenvalue weighted by Gasteiger charge is 2.28. The molecule has 22 heavy (non-hydrogen) atoms. The standard InChI is InChI=1S/C19H21NO2/c1-14-5-2-3-7-18(14)15-8-10-16(11-9-15)19(22)20-12-4-6-17(20)13-21/h2-3,5,7-11,17,21H,4,6,12-13H2,1H3/t17-/m0/s1. The van der Waals surface area contributed by atoms with E-state index in [-0.39, 0.29) is 18.6 Å². The fourth-order valence-electron chi connectivity index (χ4n) is 3.15. The highest BCUT2D eigenvalue weighted by Crippen LogP contribution is 2.25. The van der Waals surface area contributed by atoms with E-state index in [1.54, 1.807) is 4.90 Å². The Morgan fingerprint density at radius 2 is 1.91 bits per heavy atom. The summed E-state index contributed by atoms with van der Waals surface area (Å²) in [6, 6.07) is 16.0. The largest absolute Gasteiger partial charge is 0.394 e. The molecule has 0 saturated carbocycles. The molecule has 1 atom stereocenters. The minimum Gasteiger partial charge on any atom is -0.394 e. The van der Waals surface area contributed by atoms with Gasteiger partial charge in [0.2, 0.25) is 0 Å². The average Bonchev–Trinajstić information content (AvgIpc) is 3.03. The van der Waals surface area contributed by atoms with E-state index in [1.807, 2.05) is 36.4 Å². The second-order valence-corrected chi connectivity index (χ2v) is 5.87. The number of aliphatic hydroxyl groups is 1. The van der Waals surface area contributed by atoms with Crippen LogP contribution in [0.15, 0.2) is 48.5 Å². The van der Waals surface area contributed by atoms with Crippen LogP contribution < -0.4 is 0 Å². The predicted molar refractivity (Wildman–Crippen MR) is 87.8 cm³/mol. The lowest BCUT2D eigenvalue weighted by atomic mass is 9.99. The van der Waals surface area contributed by atoms with Gasteiger partial charge in [-0.15, -0.1) is 0 Å². The third-order valence-corrected chi connectivity index (χ3v) is 4.44. The minimum absolute atomic E-state index is 0.0212. The van der Waals surface area contributed by atoms with Crippen LogP contribution in [-0.2, 0) is 0 Å². The molecule has 0 unspecified atom stereocenters. The highest BCUT2D eigenvalue weighted by molar-refractivity contribution is 5.95. The maximum atomic E-state index is 12.5. The first-order valence-corrected chi connectivity index (χ1v) is 7.78. The molecule has 2 aromatic rings. The molecule has 1 aliphatic rings. The van der Waals surface area contributed by atoms with Gasteiger partial charge in [0.15, 0.2) is 0 Å². The quantitative estimate of drug-likeness (QED) is 0.944. The first kappa shape index (κ1) is 14.8. The molecular formula is C19H21NO2. The van der Waals surface area contributed by atoms with Crippen molar-refractivity contribution in [1.29, 1.82) is 0 Å². The van der Waals surface area contributed by atoms with Crippen LogP contribution in [0.1, 0.15) is 28.8 Å². The number of carbonyl (C=O) groups is 1. The number of benzene rings is 2. The van der Waals surface area contributed by atoms with Gasteiger partial charge >= 0.3 is 0 Å². The van der Waals surface area contributed by atoms with E-state index in [4.69, 9.17) is 0 Å². The number of rotatable bonds is 3. The van der Waals surface area contributed by atoms with Crippen molar-refractivity contribution in [3.8, 4) is 11.1 Å². The van der Waals surface area contributed by atoms with Crippen LogP contribution in [0.2, 0.25) is 0 Å². The number of carbonyl (C=O) groups excluding carboxylic acids is 1. The van der Waals surface area contributed by atoms with Crippen molar-refractivity contribution in [3.63, 3.8) is 0 Å². The number of hydrogen-bond donors (Lipinski definition) is 1. The molecule has 0 aliphatic carbocycles. The first-order valence-electron chi connectivity index (χ1n) is 7.78. The van der Waals surface area contributed by atoms with Crippen molar-refractivity contribution in [2.75, 3.05) is 13.2 Å². The third kappa shape index (κ3) is 2.77. The molecule has 1 heterocycles. The zero-order valence-corrected chi connectivity index (χ0v) is 12.8. The van der Waals surface area contributed by atoms with Crippen LogP contribution in [-0.4, -0.2) is 35.1 Å². The van der Waals surface area contributed by atoms with Crippen LogP contribution >= 0.6 is 0 Å². The summed E-state index contributed by atoms with van der Waals surface area (Å²) in [5.74, 6) is 0.0212. The van der Waals surface area contributed by atoms with Gasteiger partial charge < -0.3 is 10.0 Å². The molecule has 0 bridgehead atoms. The molecule has 1 amide bonds. The zero-order valence-electron chi connectivity index (χ0n) is 12.8. The molecule has 3 rings (SSSR count). The Morgan fingerprint density at radius 1 is 1.18 bits per heavy atom. The minimum atomic E-state index is -0.0245.